The van der Waals surface area contributed by atoms with Gasteiger partial charge in [0.25, 0.3) is 0 Å². The minimum absolute atomic E-state index is 0.643. The van der Waals surface area contributed by atoms with Crippen LogP contribution in [-0.4, -0.2) is 22.1 Å². The van der Waals surface area contributed by atoms with Crippen LogP contribution >= 0.6 is 0 Å². The Balaban J connectivity index is 2.25. The van der Waals surface area contributed by atoms with Gasteiger partial charge >= 0.3 is 0 Å². The quantitative estimate of drug-likeness (QED) is 0.696. The maximum atomic E-state index is 5.39. The molecule has 0 amide bonds. The van der Waals surface area contributed by atoms with E-state index in [1.54, 1.807) is 7.11 Å². The summed E-state index contributed by atoms with van der Waals surface area (Å²) in [6, 6.07) is 14.0. The standard InChI is InChI=1S/C23H25N3O/c1-5-10-17-12-9-14-21(24-17)23-25-20(7-3)19(6-2)22(26-23)16-11-8-13-18(15-16)27-4/h6-9,11-15H,5,10H2,1-4H3/b19-6+,20-7+. The van der Waals surface area contributed by atoms with Gasteiger partial charge in [-0.05, 0) is 44.5 Å². The fourth-order valence-corrected chi connectivity index (χ4v) is 3.10. The van der Waals surface area contributed by atoms with Gasteiger partial charge in [-0.2, -0.15) is 0 Å². The van der Waals surface area contributed by atoms with Crippen molar-refractivity contribution in [1.29, 1.82) is 0 Å². The van der Waals surface area contributed by atoms with E-state index in [1.165, 1.54) is 0 Å². The lowest BCUT2D eigenvalue weighted by Crippen LogP contribution is -2.31. The number of benzene rings is 1. The minimum Gasteiger partial charge on any atom is -0.497 e. The second-order valence-corrected chi connectivity index (χ2v) is 6.27. The highest BCUT2D eigenvalue weighted by Gasteiger charge is 2.11. The number of pyridine rings is 1. The number of hydrogen-bond acceptors (Lipinski definition) is 4. The van der Waals surface area contributed by atoms with Gasteiger partial charge in [0.2, 0.25) is 0 Å². The molecule has 138 valence electrons. The van der Waals surface area contributed by atoms with E-state index in [0.717, 1.165) is 51.8 Å². The summed E-state index contributed by atoms with van der Waals surface area (Å²) in [7, 11) is 1.67. The Labute approximate surface area is 160 Å². The van der Waals surface area contributed by atoms with E-state index in [2.05, 4.69) is 19.1 Å². The number of rotatable bonds is 5. The van der Waals surface area contributed by atoms with Crippen LogP contribution in [0.4, 0.5) is 0 Å². The highest BCUT2D eigenvalue weighted by atomic mass is 16.5. The molecule has 0 fully saturated rings. The first kappa shape index (κ1) is 18.8. The molecule has 0 bridgehead atoms. The Morgan fingerprint density at radius 2 is 1.78 bits per heavy atom. The van der Waals surface area contributed by atoms with Crippen LogP contribution in [0.3, 0.4) is 0 Å². The lowest BCUT2D eigenvalue weighted by molar-refractivity contribution is 0.415. The first-order valence-corrected chi connectivity index (χ1v) is 9.31. The number of nitrogens with zero attached hydrogens (tertiary/aromatic N) is 3. The summed E-state index contributed by atoms with van der Waals surface area (Å²) in [5.74, 6) is 1.45. The molecular formula is C23H25N3O. The van der Waals surface area contributed by atoms with Gasteiger partial charge < -0.3 is 4.74 Å². The summed E-state index contributed by atoms with van der Waals surface area (Å²) in [6.07, 6.45) is 6.07. The second kappa shape index (κ2) is 8.58. The molecule has 4 nitrogen and oxygen atoms in total. The summed E-state index contributed by atoms with van der Waals surface area (Å²) < 4.78 is 5.39. The molecule has 0 aliphatic carbocycles. The van der Waals surface area contributed by atoms with Crippen molar-refractivity contribution in [2.45, 2.75) is 33.6 Å². The molecule has 0 unspecified atom stereocenters. The van der Waals surface area contributed by atoms with Crippen LogP contribution in [0.1, 0.15) is 32.9 Å². The summed E-state index contributed by atoms with van der Waals surface area (Å²) >= 11 is 0. The summed E-state index contributed by atoms with van der Waals surface area (Å²) in [5.41, 5.74) is 3.75. The molecule has 2 heterocycles. The molecule has 0 radical (unpaired) electrons. The van der Waals surface area contributed by atoms with Gasteiger partial charge in [0, 0.05) is 16.5 Å². The van der Waals surface area contributed by atoms with E-state index in [9.17, 15) is 0 Å². The molecule has 2 aromatic heterocycles. The second-order valence-electron chi connectivity index (χ2n) is 6.27. The molecule has 4 heteroatoms. The van der Waals surface area contributed by atoms with Crippen molar-refractivity contribution in [2.75, 3.05) is 7.11 Å². The Kier molecular flexibility index (Phi) is 5.97. The van der Waals surface area contributed by atoms with Crippen LogP contribution in [0.25, 0.3) is 34.9 Å². The molecule has 0 atom stereocenters. The SMILES string of the molecule is C/C=c1/c(-c2cccc(OC)c2)nc(-c2cccc(CCC)n2)n/c1=C/C. The maximum absolute atomic E-state index is 5.39. The zero-order valence-corrected chi connectivity index (χ0v) is 16.4. The number of ether oxygens (including phenoxy) is 1. The van der Waals surface area contributed by atoms with Gasteiger partial charge in [-0.3, -0.25) is 0 Å². The molecule has 1 aromatic carbocycles. The van der Waals surface area contributed by atoms with E-state index in [4.69, 9.17) is 19.7 Å². The number of aryl methyl sites for hydroxylation is 1. The predicted molar refractivity (Wildman–Crippen MR) is 111 cm³/mol. The number of hydrogen-bond donors (Lipinski definition) is 0. The predicted octanol–water partition coefficient (Wildman–Crippen LogP) is 3.77. The van der Waals surface area contributed by atoms with Crippen molar-refractivity contribution in [3.05, 3.63) is 58.7 Å². The maximum Gasteiger partial charge on any atom is 0.179 e. The molecule has 3 aromatic rings. The lowest BCUT2D eigenvalue weighted by atomic mass is 10.1. The molecule has 0 N–H and O–H groups in total. The van der Waals surface area contributed by atoms with E-state index < -0.39 is 0 Å². The highest BCUT2D eigenvalue weighted by molar-refractivity contribution is 5.65. The highest BCUT2D eigenvalue weighted by Crippen LogP contribution is 2.21. The lowest BCUT2D eigenvalue weighted by Gasteiger charge is -2.09. The minimum atomic E-state index is 0.643. The van der Waals surface area contributed by atoms with Gasteiger partial charge in [0.05, 0.1) is 18.2 Å². The molecular weight excluding hydrogens is 334 g/mol. The van der Waals surface area contributed by atoms with Gasteiger partial charge in [-0.25, -0.2) is 15.0 Å². The normalized spacial score (nSPS) is 12.4. The summed E-state index contributed by atoms with van der Waals surface area (Å²) in [4.78, 5) is 14.4. The van der Waals surface area contributed by atoms with Crippen LogP contribution in [0.5, 0.6) is 5.75 Å². The van der Waals surface area contributed by atoms with Gasteiger partial charge in [-0.15, -0.1) is 0 Å². The van der Waals surface area contributed by atoms with Crippen LogP contribution in [0, 0.1) is 0 Å². The fraction of sp³-hybridized carbons (Fsp3) is 0.261. The van der Waals surface area contributed by atoms with Gasteiger partial charge in [0.15, 0.2) is 5.82 Å². The number of methoxy groups -OCH3 is 1. The monoisotopic (exact) mass is 359 g/mol. The van der Waals surface area contributed by atoms with Crippen molar-refractivity contribution < 1.29 is 4.74 Å². The van der Waals surface area contributed by atoms with Crippen molar-refractivity contribution in [3.8, 4) is 28.5 Å². The largest absolute Gasteiger partial charge is 0.497 e. The zero-order chi connectivity index (χ0) is 19.2. The first-order valence-electron chi connectivity index (χ1n) is 9.31. The Hall–Kier alpha value is -3.01. The van der Waals surface area contributed by atoms with E-state index in [-0.39, 0.29) is 0 Å². The molecule has 0 saturated carbocycles. The van der Waals surface area contributed by atoms with Crippen molar-refractivity contribution in [3.63, 3.8) is 0 Å². The average molecular weight is 359 g/mol. The van der Waals surface area contributed by atoms with Gasteiger partial charge in [-0.1, -0.05) is 43.7 Å². The van der Waals surface area contributed by atoms with Gasteiger partial charge in [0.1, 0.15) is 11.4 Å². The topological polar surface area (TPSA) is 47.9 Å². The van der Waals surface area contributed by atoms with E-state index >= 15 is 0 Å². The van der Waals surface area contributed by atoms with Crippen molar-refractivity contribution >= 4 is 12.2 Å². The Bertz CT molecular complexity index is 1060. The molecule has 0 aliphatic rings. The Morgan fingerprint density at radius 1 is 0.963 bits per heavy atom. The third kappa shape index (κ3) is 4.05. The van der Waals surface area contributed by atoms with Crippen molar-refractivity contribution in [1.82, 2.24) is 15.0 Å². The number of aromatic nitrogens is 3. The summed E-state index contributed by atoms with van der Waals surface area (Å²) in [5, 5.41) is 1.92. The third-order valence-corrected chi connectivity index (χ3v) is 4.42. The molecule has 3 rings (SSSR count). The van der Waals surface area contributed by atoms with Crippen LogP contribution in [-0.2, 0) is 6.42 Å². The molecule has 0 aliphatic heterocycles. The van der Waals surface area contributed by atoms with E-state index in [1.807, 2.05) is 56.3 Å². The smallest absolute Gasteiger partial charge is 0.179 e. The van der Waals surface area contributed by atoms with Crippen LogP contribution in [0.15, 0.2) is 42.5 Å². The molecule has 0 saturated heterocycles. The van der Waals surface area contributed by atoms with Crippen LogP contribution in [0.2, 0.25) is 0 Å². The first-order chi connectivity index (χ1) is 13.2. The summed E-state index contributed by atoms with van der Waals surface area (Å²) in [6.45, 7) is 6.16. The molecule has 0 spiro atoms. The van der Waals surface area contributed by atoms with Crippen LogP contribution < -0.4 is 15.3 Å². The average Bonchev–Trinajstić information content (AvgIpc) is 2.73. The van der Waals surface area contributed by atoms with Crippen molar-refractivity contribution in [2.24, 2.45) is 0 Å². The molecule has 27 heavy (non-hydrogen) atoms. The fourth-order valence-electron chi connectivity index (χ4n) is 3.10. The third-order valence-electron chi connectivity index (χ3n) is 4.42. The Morgan fingerprint density at radius 3 is 2.48 bits per heavy atom. The van der Waals surface area contributed by atoms with E-state index in [0.29, 0.717) is 5.82 Å². The zero-order valence-electron chi connectivity index (χ0n) is 16.4.